The van der Waals surface area contributed by atoms with Gasteiger partial charge < -0.3 is 14.7 Å². The van der Waals surface area contributed by atoms with E-state index in [1.807, 2.05) is 0 Å². The summed E-state index contributed by atoms with van der Waals surface area (Å²) in [5.74, 6) is -2.90. The van der Waals surface area contributed by atoms with Gasteiger partial charge in [-0.25, -0.2) is 4.79 Å². The molecule has 5 atom stereocenters. The number of nitrogens with zero attached hydrogens (tertiary/aromatic N) is 2. The number of aliphatic hydroxyl groups is 1. The molecule has 2 aliphatic rings. The molecule has 0 aliphatic carbocycles. The number of carbonyl (C=O) groups excluding carboxylic acids is 3. The van der Waals surface area contributed by atoms with E-state index in [9.17, 15) is 29.6 Å². The van der Waals surface area contributed by atoms with Gasteiger partial charge >= 0.3 is 5.97 Å². The summed E-state index contributed by atoms with van der Waals surface area (Å²) < 4.78 is 5.14. The maximum Gasteiger partial charge on any atom is 0.337 e. The third-order valence-corrected chi connectivity index (χ3v) is 5.01. The summed E-state index contributed by atoms with van der Waals surface area (Å²) in [4.78, 5) is 48.2. The Morgan fingerprint density at radius 2 is 1.96 bits per heavy atom. The van der Waals surface area contributed by atoms with E-state index >= 15 is 0 Å². The molecule has 2 fully saturated rings. The number of Topliss-reactive ketones (excluding diaryl/α,β-unsaturated/α-hetero) is 1. The van der Waals surface area contributed by atoms with Crippen molar-refractivity contribution in [3.63, 3.8) is 0 Å². The van der Waals surface area contributed by atoms with Crippen LogP contribution in [0.5, 0.6) is 0 Å². The van der Waals surface area contributed by atoms with E-state index in [0.29, 0.717) is 5.56 Å². The number of ketones is 1. The van der Waals surface area contributed by atoms with Crippen LogP contribution in [0.3, 0.4) is 0 Å². The van der Waals surface area contributed by atoms with E-state index < -0.39 is 52.6 Å². The molecule has 1 N–H and O–H groups in total. The molecule has 138 valence electrons. The van der Waals surface area contributed by atoms with Crippen molar-refractivity contribution in [2.24, 2.45) is 11.8 Å². The second-order valence-corrected chi connectivity index (χ2v) is 6.63. The summed E-state index contributed by atoms with van der Waals surface area (Å²) >= 11 is 0. The average Bonchev–Trinajstić information content (AvgIpc) is 2.81. The van der Waals surface area contributed by atoms with E-state index in [1.165, 1.54) is 36.1 Å². The van der Waals surface area contributed by atoms with Crippen molar-refractivity contribution in [1.29, 1.82) is 0 Å². The van der Waals surface area contributed by atoms with Crippen molar-refractivity contribution in [3.8, 4) is 0 Å². The third kappa shape index (κ3) is 2.74. The summed E-state index contributed by atoms with van der Waals surface area (Å²) in [6, 6.07) is 3.68. The van der Waals surface area contributed by atoms with Crippen LogP contribution < -0.4 is 0 Å². The highest BCUT2D eigenvalue weighted by molar-refractivity contribution is 6.12. The normalized spacial score (nSPS) is 28.3. The van der Waals surface area contributed by atoms with E-state index in [0.717, 1.165) is 0 Å². The van der Waals surface area contributed by atoms with Gasteiger partial charge in [-0.05, 0) is 24.6 Å². The van der Waals surface area contributed by atoms with Crippen LogP contribution in [0.1, 0.15) is 19.4 Å². The lowest BCUT2D eigenvalue weighted by Gasteiger charge is -2.46. The molecule has 2 aliphatic heterocycles. The van der Waals surface area contributed by atoms with Gasteiger partial charge in [-0.15, -0.1) is 0 Å². The number of amides is 1. The molecule has 9 heteroatoms. The number of nitro benzene ring substituents is 1. The fourth-order valence-electron chi connectivity index (χ4n) is 3.63. The molecule has 1 aromatic carbocycles. The topological polar surface area (TPSA) is 127 Å². The highest BCUT2D eigenvalue weighted by Gasteiger charge is 2.64. The number of fused-ring (bicyclic) bond motifs is 1. The van der Waals surface area contributed by atoms with Crippen LogP contribution in [0.2, 0.25) is 0 Å². The Morgan fingerprint density at radius 1 is 1.35 bits per heavy atom. The number of β-lactam (4-membered cyclic amide) rings is 1. The molecule has 1 aromatic rings. The number of aliphatic hydroxyl groups excluding tert-OH is 1. The Kier molecular flexibility index (Phi) is 4.49. The van der Waals surface area contributed by atoms with Crippen LogP contribution in [0.15, 0.2) is 24.3 Å². The summed E-state index contributed by atoms with van der Waals surface area (Å²) in [5.41, 5.74) is 0.439. The minimum absolute atomic E-state index is 0.0851. The van der Waals surface area contributed by atoms with Gasteiger partial charge in [0.2, 0.25) is 5.91 Å². The third-order valence-electron chi connectivity index (χ3n) is 5.01. The number of ether oxygens (including phenoxy) is 1. The smallest absolute Gasteiger partial charge is 0.337 e. The molecule has 0 aromatic heterocycles. The van der Waals surface area contributed by atoms with Gasteiger partial charge in [0.1, 0.15) is 6.61 Å². The minimum atomic E-state index is -1.30. The van der Waals surface area contributed by atoms with E-state index in [4.69, 9.17) is 4.74 Å². The monoisotopic (exact) mass is 362 g/mol. The Labute approximate surface area is 148 Å². The molecule has 3 rings (SSSR count). The maximum absolute atomic E-state index is 12.4. The predicted molar refractivity (Wildman–Crippen MR) is 86.7 cm³/mol. The van der Waals surface area contributed by atoms with E-state index in [2.05, 4.69) is 0 Å². The number of rotatable bonds is 5. The Morgan fingerprint density at radius 3 is 2.50 bits per heavy atom. The molecule has 0 radical (unpaired) electrons. The first-order valence-electron chi connectivity index (χ1n) is 8.18. The average molecular weight is 362 g/mol. The zero-order chi connectivity index (χ0) is 19.2. The molecular formula is C17H18N2O7. The molecule has 2 heterocycles. The first-order chi connectivity index (χ1) is 12.2. The van der Waals surface area contributed by atoms with Gasteiger partial charge in [-0.3, -0.25) is 19.7 Å². The second kappa shape index (κ2) is 6.49. The number of hydrogen-bond acceptors (Lipinski definition) is 7. The van der Waals surface area contributed by atoms with Crippen molar-refractivity contribution in [3.05, 3.63) is 39.9 Å². The minimum Gasteiger partial charge on any atom is -0.459 e. The van der Waals surface area contributed by atoms with Crippen molar-refractivity contribution in [2.75, 3.05) is 0 Å². The predicted octanol–water partition coefficient (Wildman–Crippen LogP) is 0.433. The SMILES string of the molecule is CC(O)[C@@H]1C(=O)N2C(C(=O)OCc3ccc([N+](=O)[O-])cc3)C(=O)[C@@H](C)C12. The van der Waals surface area contributed by atoms with Crippen LogP contribution >= 0.6 is 0 Å². The zero-order valence-electron chi connectivity index (χ0n) is 14.2. The van der Waals surface area contributed by atoms with Crippen molar-refractivity contribution < 1.29 is 29.2 Å². The Hall–Kier alpha value is -2.81. The van der Waals surface area contributed by atoms with Gasteiger partial charge in [0.25, 0.3) is 5.69 Å². The number of nitro groups is 1. The van der Waals surface area contributed by atoms with Crippen LogP contribution in [-0.4, -0.2) is 50.8 Å². The number of benzene rings is 1. The van der Waals surface area contributed by atoms with Crippen LogP contribution in [-0.2, 0) is 25.7 Å². The quantitative estimate of drug-likeness (QED) is 0.265. The highest BCUT2D eigenvalue weighted by Crippen LogP contribution is 2.43. The largest absolute Gasteiger partial charge is 0.459 e. The standard InChI is InChI=1S/C17H18N2O7/c1-8-13-12(9(2)20)16(22)18(13)14(15(8)21)17(23)26-7-10-3-5-11(6-4-10)19(24)25/h3-6,8-9,12-14,20H,7H2,1-2H3/t8-,9?,12-,13?,14?/m0/s1. The zero-order valence-corrected chi connectivity index (χ0v) is 14.2. The van der Waals surface area contributed by atoms with Crippen molar-refractivity contribution in [1.82, 2.24) is 4.90 Å². The fraction of sp³-hybridized carbons (Fsp3) is 0.471. The van der Waals surface area contributed by atoms with Crippen LogP contribution in [0.4, 0.5) is 5.69 Å². The molecule has 1 amide bonds. The van der Waals surface area contributed by atoms with Gasteiger partial charge in [0, 0.05) is 18.1 Å². The molecule has 3 unspecified atom stereocenters. The van der Waals surface area contributed by atoms with E-state index in [1.54, 1.807) is 6.92 Å². The lowest BCUT2D eigenvalue weighted by Crippen LogP contribution is -2.65. The number of esters is 1. The molecular weight excluding hydrogens is 344 g/mol. The van der Waals surface area contributed by atoms with Gasteiger partial charge in [0.15, 0.2) is 11.8 Å². The molecule has 9 nitrogen and oxygen atoms in total. The summed E-state index contributed by atoms with van der Waals surface area (Å²) in [7, 11) is 0. The van der Waals surface area contributed by atoms with Gasteiger partial charge in [-0.1, -0.05) is 6.92 Å². The first kappa shape index (κ1) is 18.0. The molecule has 2 saturated heterocycles. The summed E-state index contributed by atoms with van der Waals surface area (Å²) in [5, 5.41) is 20.3. The van der Waals surface area contributed by atoms with Gasteiger partial charge in [0.05, 0.1) is 23.0 Å². The number of non-ortho nitro benzene ring substituents is 1. The second-order valence-electron chi connectivity index (χ2n) is 6.63. The Balaban J connectivity index is 1.67. The number of carbonyl (C=O) groups is 3. The number of hydrogen-bond donors (Lipinski definition) is 1. The van der Waals surface area contributed by atoms with Crippen LogP contribution in [0, 0.1) is 22.0 Å². The van der Waals surface area contributed by atoms with Crippen molar-refractivity contribution in [2.45, 2.75) is 38.6 Å². The lowest BCUT2D eigenvalue weighted by atomic mass is 9.79. The molecule has 26 heavy (non-hydrogen) atoms. The van der Waals surface area contributed by atoms with Gasteiger partial charge in [-0.2, -0.15) is 0 Å². The molecule has 0 saturated carbocycles. The Bertz CT molecular complexity index is 774. The molecule has 0 spiro atoms. The van der Waals surface area contributed by atoms with E-state index in [-0.39, 0.29) is 12.3 Å². The fourth-order valence-corrected chi connectivity index (χ4v) is 3.63. The summed E-state index contributed by atoms with van der Waals surface area (Å²) in [6.07, 6.45) is -0.895. The first-order valence-corrected chi connectivity index (χ1v) is 8.18. The summed E-state index contributed by atoms with van der Waals surface area (Å²) in [6.45, 7) is 2.95. The van der Waals surface area contributed by atoms with Crippen LogP contribution in [0.25, 0.3) is 0 Å². The van der Waals surface area contributed by atoms with Crippen molar-refractivity contribution >= 4 is 23.3 Å². The lowest BCUT2D eigenvalue weighted by molar-refractivity contribution is -0.384. The molecule has 0 bridgehead atoms. The maximum atomic E-state index is 12.4. The highest BCUT2D eigenvalue weighted by atomic mass is 16.6.